The van der Waals surface area contributed by atoms with Crippen molar-refractivity contribution < 1.29 is 19.0 Å². The number of rotatable bonds is 9. The first-order valence-corrected chi connectivity index (χ1v) is 10.1. The molecule has 1 aliphatic heterocycles. The fourth-order valence-corrected chi connectivity index (χ4v) is 3.24. The Morgan fingerprint density at radius 1 is 1.42 bits per heavy atom. The number of aliphatic hydroxyl groups is 1. The van der Waals surface area contributed by atoms with Crippen LogP contribution in [0, 0.1) is 5.82 Å². The maximum Gasteiger partial charge on any atom is 0.414 e. The Hall–Kier alpha value is -3.33. The van der Waals surface area contributed by atoms with Gasteiger partial charge < -0.3 is 9.84 Å². The van der Waals surface area contributed by atoms with Crippen molar-refractivity contribution in [2.75, 3.05) is 25.1 Å². The van der Waals surface area contributed by atoms with E-state index in [9.17, 15) is 9.18 Å². The fraction of sp³-hybridized carbons (Fsp3) is 0.364. The van der Waals surface area contributed by atoms with Gasteiger partial charge in [0.25, 0.3) is 0 Å². The Morgan fingerprint density at radius 2 is 2.23 bits per heavy atom. The van der Waals surface area contributed by atoms with Crippen LogP contribution in [0.4, 0.5) is 14.9 Å². The molecule has 0 radical (unpaired) electrons. The SMILES string of the molecule is C=NN(C)/N=C(\CCCC)c1ccc(-c2ccc(N3CC(CO)OC3=O)cc2F)cn1. The largest absolute Gasteiger partial charge is 0.441 e. The van der Waals surface area contributed by atoms with Crippen molar-refractivity contribution in [1.82, 2.24) is 10.1 Å². The molecule has 9 heteroatoms. The predicted molar refractivity (Wildman–Crippen MR) is 118 cm³/mol. The second-order valence-electron chi connectivity index (χ2n) is 7.18. The molecule has 8 nitrogen and oxygen atoms in total. The quantitative estimate of drug-likeness (QED) is 0.487. The average molecular weight is 427 g/mol. The molecule has 0 spiro atoms. The predicted octanol–water partition coefficient (Wildman–Crippen LogP) is 3.65. The Balaban J connectivity index is 1.82. The highest BCUT2D eigenvalue weighted by molar-refractivity contribution is 5.99. The summed E-state index contributed by atoms with van der Waals surface area (Å²) in [5.74, 6) is -0.484. The van der Waals surface area contributed by atoms with E-state index < -0.39 is 18.0 Å². The number of unbranched alkanes of at least 4 members (excludes halogenated alkanes) is 1. The number of aromatic nitrogens is 1. The summed E-state index contributed by atoms with van der Waals surface area (Å²) in [6.07, 6.45) is 3.11. The number of benzene rings is 1. The van der Waals surface area contributed by atoms with E-state index in [2.05, 4.69) is 28.8 Å². The molecule has 0 bridgehead atoms. The molecule has 31 heavy (non-hydrogen) atoms. The average Bonchev–Trinajstić information content (AvgIpc) is 3.17. The number of hydrogen-bond donors (Lipinski definition) is 1. The van der Waals surface area contributed by atoms with E-state index in [1.807, 2.05) is 0 Å². The van der Waals surface area contributed by atoms with E-state index in [1.54, 1.807) is 37.5 Å². The molecule has 1 aliphatic rings. The van der Waals surface area contributed by atoms with E-state index in [0.717, 1.165) is 25.0 Å². The maximum atomic E-state index is 14.8. The smallest absolute Gasteiger partial charge is 0.414 e. The van der Waals surface area contributed by atoms with Gasteiger partial charge in [0.05, 0.1) is 30.2 Å². The van der Waals surface area contributed by atoms with Crippen LogP contribution < -0.4 is 4.90 Å². The van der Waals surface area contributed by atoms with Gasteiger partial charge in [-0.15, -0.1) is 0 Å². The van der Waals surface area contributed by atoms with Crippen LogP contribution in [0.25, 0.3) is 11.1 Å². The summed E-state index contributed by atoms with van der Waals surface area (Å²) in [4.78, 5) is 17.7. The fourth-order valence-electron chi connectivity index (χ4n) is 3.24. The molecule has 1 amide bonds. The molecule has 1 saturated heterocycles. The first-order valence-electron chi connectivity index (χ1n) is 10.1. The molecule has 164 valence electrons. The molecule has 1 aromatic carbocycles. The van der Waals surface area contributed by atoms with Crippen LogP contribution in [0.5, 0.6) is 0 Å². The van der Waals surface area contributed by atoms with Gasteiger partial charge in [-0.25, -0.2) is 9.18 Å². The lowest BCUT2D eigenvalue weighted by atomic mass is 10.0. The molecule has 3 rings (SSSR count). The number of carbonyl (C=O) groups is 1. The highest BCUT2D eigenvalue weighted by atomic mass is 19.1. The van der Waals surface area contributed by atoms with E-state index >= 15 is 0 Å². The van der Waals surface area contributed by atoms with Crippen molar-refractivity contribution in [3.8, 4) is 11.1 Å². The summed E-state index contributed by atoms with van der Waals surface area (Å²) in [7, 11) is 1.70. The van der Waals surface area contributed by atoms with Crippen molar-refractivity contribution in [1.29, 1.82) is 0 Å². The number of aliphatic hydroxyl groups excluding tert-OH is 1. The number of nitrogens with zero attached hydrogens (tertiary/aromatic N) is 5. The van der Waals surface area contributed by atoms with Crippen molar-refractivity contribution in [3.05, 3.63) is 48.0 Å². The Morgan fingerprint density at radius 3 is 2.81 bits per heavy atom. The zero-order valence-corrected chi connectivity index (χ0v) is 17.7. The van der Waals surface area contributed by atoms with Crippen LogP contribution in [0.3, 0.4) is 0 Å². The van der Waals surface area contributed by atoms with Crippen LogP contribution in [-0.4, -0.2) is 60.0 Å². The normalized spacial score (nSPS) is 16.4. The number of amides is 1. The number of anilines is 1. The molecular formula is C22H26FN5O3. The highest BCUT2D eigenvalue weighted by Gasteiger charge is 2.32. The number of cyclic esters (lactones) is 1. The van der Waals surface area contributed by atoms with Crippen LogP contribution in [-0.2, 0) is 4.74 Å². The van der Waals surface area contributed by atoms with Crippen LogP contribution in [0.1, 0.15) is 31.9 Å². The van der Waals surface area contributed by atoms with Crippen LogP contribution in [0.2, 0.25) is 0 Å². The van der Waals surface area contributed by atoms with Crippen molar-refractivity contribution in [3.63, 3.8) is 0 Å². The molecule has 1 N–H and O–H groups in total. The van der Waals surface area contributed by atoms with Gasteiger partial charge in [0.1, 0.15) is 11.9 Å². The standard InChI is InChI=1S/C22H26FN5O3/c1-4-5-6-21(26-27(3)24-2)20-10-7-15(12-25-20)18-9-8-16(11-19(18)23)28-13-17(14-29)31-22(28)30/h7-12,17,29H,2,4-6,13-14H2,1,3H3/b26-21+. The third-order valence-corrected chi connectivity index (χ3v) is 4.95. The van der Waals surface area contributed by atoms with Gasteiger partial charge in [-0.3, -0.25) is 9.88 Å². The summed E-state index contributed by atoms with van der Waals surface area (Å²) >= 11 is 0. The number of ether oxygens (including phenoxy) is 1. The van der Waals surface area contributed by atoms with Crippen molar-refractivity contribution >= 4 is 24.2 Å². The Bertz CT molecular complexity index is 964. The topological polar surface area (TPSA) is 90.6 Å². The van der Waals surface area contributed by atoms with Crippen molar-refractivity contribution in [2.24, 2.45) is 10.2 Å². The van der Waals surface area contributed by atoms with Crippen LogP contribution in [0.15, 0.2) is 46.7 Å². The lowest BCUT2D eigenvalue weighted by Crippen LogP contribution is -2.25. The minimum Gasteiger partial charge on any atom is -0.441 e. The number of halogens is 1. The Kier molecular flexibility index (Phi) is 7.30. The molecule has 0 saturated carbocycles. The molecule has 2 aromatic rings. The second-order valence-corrected chi connectivity index (χ2v) is 7.18. The van der Waals surface area contributed by atoms with Gasteiger partial charge in [0, 0.05) is 31.1 Å². The molecular weight excluding hydrogens is 401 g/mol. The summed E-state index contributed by atoms with van der Waals surface area (Å²) in [5.41, 5.74) is 2.83. The van der Waals surface area contributed by atoms with Crippen molar-refractivity contribution in [2.45, 2.75) is 32.3 Å². The van der Waals surface area contributed by atoms with Gasteiger partial charge in [-0.2, -0.15) is 15.3 Å². The molecule has 1 atom stereocenters. The minimum atomic E-state index is -0.606. The van der Waals surface area contributed by atoms with Gasteiger partial charge in [0.2, 0.25) is 0 Å². The van der Waals surface area contributed by atoms with Gasteiger partial charge in [-0.05, 0) is 37.1 Å². The lowest BCUT2D eigenvalue weighted by Gasteiger charge is -2.14. The molecule has 2 heterocycles. The molecule has 0 aliphatic carbocycles. The highest BCUT2D eigenvalue weighted by Crippen LogP contribution is 2.29. The molecule has 1 aromatic heterocycles. The first-order chi connectivity index (χ1) is 15.0. The number of carbonyl (C=O) groups excluding carboxylic acids is 1. The molecule has 1 fully saturated rings. The number of hydrazone groups is 2. The zero-order chi connectivity index (χ0) is 22.4. The summed E-state index contributed by atoms with van der Waals surface area (Å²) in [6, 6.07) is 8.12. The number of hydrogen-bond acceptors (Lipinski definition) is 7. The first kappa shape index (κ1) is 22.4. The Labute approximate surface area is 180 Å². The third kappa shape index (κ3) is 5.24. The van der Waals surface area contributed by atoms with E-state index in [4.69, 9.17) is 9.84 Å². The zero-order valence-electron chi connectivity index (χ0n) is 17.7. The van der Waals surface area contributed by atoms with E-state index in [-0.39, 0.29) is 13.2 Å². The molecule has 1 unspecified atom stereocenters. The van der Waals surface area contributed by atoms with E-state index in [1.165, 1.54) is 16.1 Å². The van der Waals surface area contributed by atoms with E-state index in [0.29, 0.717) is 22.5 Å². The second kappa shape index (κ2) is 10.1. The summed E-state index contributed by atoms with van der Waals surface area (Å²) < 4.78 is 19.8. The maximum absolute atomic E-state index is 14.8. The monoisotopic (exact) mass is 427 g/mol. The summed E-state index contributed by atoms with van der Waals surface area (Å²) in [5, 5.41) is 18.7. The lowest BCUT2D eigenvalue weighted by molar-refractivity contribution is 0.0963. The van der Waals surface area contributed by atoms with Gasteiger partial charge in [-0.1, -0.05) is 19.4 Å². The minimum absolute atomic E-state index is 0.179. The third-order valence-electron chi connectivity index (χ3n) is 4.95. The van der Waals surface area contributed by atoms with Gasteiger partial charge >= 0.3 is 6.09 Å². The summed E-state index contributed by atoms with van der Waals surface area (Å²) in [6.45, 7) is 5.47. The number of pyridine rings is 1. The van der Waals surface area contributed by atoms with Gasteiger partial charge in [0.15, 0.2) is 0 Å². The van der Waals surface area contributed by atoms with Crippen LogP contribution >= 0.6 is 0 Å².